The third kappa shape index (κ3) is 5.05. The number of halogens is 1. The molecule has 0 aliphatic carbocycles. The van der Waals surface area contributed by atoms with Gasteiger partial charge in [0.1, 0.15) is 5.82 Å². The summed E-state index contributed by atoms with van der Waals surface area (Å²) >= 11 is 3.34. The number of aromatic nitrogens is 4. The van der Waals surface area contributed by atoms with Crippen molar-refractivity contribution in [3.05, 3.63) is 52.0 Å². The molecule has 1 fully saturated rings. The van der Waals surface area contributed by atoms with E-state index in [1.54, 1.807) is 35.2 Å². The van der Waals surface area contributed by atoms with Crippen LogP contribution in [0.15, 0.2) is 34.8 Å². The second kappa shape index (κ2) is 9.36. The first-order valence-electron chi connectivity index (χ1n) is 10.1. The predicted molar refractivity (Wildman–Crippen MR) is 116 cm³/mol. The number of likely N-dealkylation sites (tertiary alicyclic amines) is 1. The molecule has 0 unspecified atom stereocenters. The van der Waals surface area contributed by atoms with E-state index in [1.807, 2.05) is 0 Å². The van der Waals surface area contributed by atoms with Crippen LogP contribution in [0.4, 0.5) is 4.39 Å². The van der Waals surface area contributed by atoms with Crippen molar-refractivity contribution >= 4 is 23.1 Å². The van der Waals surface area contributed by atoms with Crippen LogP contribution < -0.4 is 0 Å². The van der Waals surface area contributed by atoms with Gasteiger partial charge in [0, 0.05) is 22.7 Å². The third-order valence-electron chi connectivity index (χ3n) is 5.01. The highest BCUT2D eigenvalue weighted by molar-refractivity contribution is 7.98. The molecule has 3 aromatic rings. The Kier molecular flexibility index (Phi) is 6.62. The van der Waals surface area contributed by atoms with Gasteiger partial charge in [-0.2, -0.15) is 0 Å². The average Bonchev–Trinajstić information content (AvgIpc) is 3.35. The van der Waals surface area contributed by atoms with E-state index in [0.29, 0.717) is 5.92 Å². The highest BCUT2D eigenvalue weighted by Crippen LogP contribution is 2.28. The Morgan fingerprint density at radius 2 is 1.86 bits per heavy atom. The van der Waals surface area contributed by atoms with Gasteiger partial charge in [0.15, 0.2) is 11.0 Å². The minimum Gasteiger partial charge on any atom is -0.296 e. The minimum absolute atomic E-state index is 0.239. The van der Waals surface area contributed by atoms with Crippen LogP contribution in [0.25, 0.3) is 5.69 Å². The fourth-order valence-electron chi connectivity index (χ4n) is 3.46. The van der Waals surface area contributed by atoms with Gasteiger partial charge in [0.2, 0.25) is 0 Å². The molecular weight excluding hydrogens is 405 g/mol. The van der Waals surface area contributed by atoms with E-state index in [2.05, 4.69) is 38.9 Å². The molecule has 0 atom stereocenters. The lowest BCUT2D eigenvalue weighted by molar-refractivity contribution is 0.214. The zero-order valence-electron chi connectivity index (χ0n) is 16.8. The van der Waals surface area contributed by atoms with E-state index in [9.17, 15) is 4.39 Å². The van der Waals surface area contributed by atoms with Crippen molar-refractivity contribution in [3.63, 3.8) is 0 Å². The zero-order valence-corrected chi connectivity index (χ0v) is 18.5. The van der Waals surface area contributed by atoms with E-state index in [0.717, 1.165) is 52.8 Å². The SMILES string of the molecule is CC(C)c1nc(CSc2nnc(CN3CCCCC3)n2-c2ccc(F)cc2)cs1. The molecule has 3 heterocycles. The van der Waals surface area contributed by atoms with Gasteiger partial charge in [-0.1, -0.05) is 32.0 Å². The number of nitrogens with zero attached hydrogens (tertiary/aromatic N) is 5. The van der Waals surface area contributed by atoms with Crippen LogP contribution >= 0.6 is 23.1 Å². The lowest BCUT2D eigenvalue weighted by Crippen LogP contribution is -2.30. The van der Waals surface area contributed by atoms with E-state index in [4.69, 9.17) is 4.98 Å². The minimum atomic E-state index is -0.239. The Balaban J connectivity index is 1.57. The zero-order chi connectivity index (χ0) is 20.2. The summed E-state index contributed by atoms with van der Waals surface area (Å²) in [5.41, 5.74) is 1.96. The predicted octanol–water partition coefficient (Wildman–Crippen LogP) is 5.26. The lowest BCUT2D eigenvalue weighted by atomic mass is 10.1. The summed E-state index contributed by atoms with van der Waals surface area (Å²) in [6.45, 7) is 7.27. The molecule has 154 valence electrons. The van der Waals surface area contributed by atoms with Crippen LogP contribution in [0, 0.1) is 5.82 Å². The first-order valence-corrected chi connectivity index (χ1v) is 12.0. The van der Waals surface area contributed by atoms with Gasteiger partial charge in [-0.15, -0.1) is 21.5 Å². The van der Waals surface area contributed by atoms with Crippen molar-refractivity contribution in [2.45, 2.75) is 56.5 Å². The fraction of sp³-hybridized carbons (Fsp3) is 0.476. The van der Waals surface area contributed by atoms with Gasteiger partial charge in [-0.25, -0.2) is 9.37 Å². The van der Waals surface area contributed by atoms with Crippen molar-refractivity contribution in [2.75, 3.05) is 13.1 Å². The van der Waals surface area contributed by atoms with E-state index in [-0.39, 0.29) is 5.82 Å². The summed E-state index contributed by atoms with van der Waals surface area (Å²) in [6, 6.07) is 6.57. The highest BCUT2D eigenvalue weighted by atomic mass is 32.2. The van der Waals surface area contributed by atoms with Crippen molar-refractivity contribution in [3.8, 4) is 5.69 Å². The van der Waals surface area contributed by atoms with Crippen LogP contribution in [0.1, 0.15) is 55.6 Å². The van der Waals surface area contributed by atoms with E-state index in [1.165, 1.54) is 31.4 Å². The molecule has 1 saturated heterocycles. The summed E-state index contributed by atoms with van der Waals surface area (Å²) in [5.74, 6) is 1.85. The first-order chi connectivity index (χ1) is 14.1. The molecule has 1 aromatic carbocycles. The Bertz CT molecular complexity index is 929. The molecule has 0 saturated carbocycles. The molecule has 4 rings (SSSR count). The van der Waals surface area contributed by atoms with E-state index < -0.39 is 0 Å². The second-order valence-electron chi connectivity index (χ2n) is 7.67. The van der Waals surface area contributed by atoms with Gasteiger partial charge < -0.3 is 0 Å². The van der Waals surface area contributed by atoms with Crippen LogP contribution in [0.2, 0.25) is 0 Å². The molecule has 29 heavy (non-hydrogen) atoms. The molecule has 1 aliphatic heterocycles. The largest absolute Gasteiger partial charge is 0.296 e. The summed E-state index contributed by atoms with van der Waals surface area (Å²) in [5, 5.41) is 13.1. The van der Waals surface area contributed by atoms with Crippen LogP contribution in [-0.2, 0) is 12.3 Å². The summed E-state index contributed by atoms with van der Waals surface area (Å²) < 4.78 is 15.5. The molecule has 2 aromatic heterocycles. The average molecular weight is 432 g/mol. The maximum absolute atomic E-state index is 13.5. The van der Waals surface area contributed by atoms with Crippen LogP contribution in [-0.4, -0.2) is 37.7 Å². The summed E-state index contributed by atoms with van der Waals surface area (Å²) in [7, 11) is 0. The maximum atomic E-state index is 13.5. The van der Waals surface area contributed by atoms with Gasteiger partial charge in [-0.05, 0) is 50.2 Å². The molecule has 0 N–H and O–H groups in total. The van der Waals surface area contributed by atoms with Crippen LogP contribution in [0.5, 0.6) is 0 Å². The van der Waals surface area contributed by atoms with Gasteiger partial charge in [-0.3, -0.25) is 9.47 Å². The number of rotatable bonds is 7. The summed E-state index contributed by atoms with van der Waals surface area (Å²) in [6.07, 6.45) is 3.76. The topological polar surface area (TPSA) is 46.8 Å². The van der Waals surface area contributed by atoms with Crippen molar-refractivity contribution in [2.24, 2.45) is 0 Å². The molecule has 8 heteroatoms. The molecule has 0 amide bonds. The number of thiazole rings is 1. The van der Waals surface area contributed by atoms with Crippen LogP contribution in [0.3, 0.4) is 0 Å². The molecule has 0 spiro atoms. The van der Waals surface area contributed by atoms with Gasteiger partial charge >= 0.3 is 0 Å². The molecule has 5 nitrogen and oxygen atoms in total. The quantitative estimate of drug-likeness (QED) is 0.477. The number of benzene rings is 1. The molecule has 0 radical (unpaired) electrons. The first kappa shape index (κ1) is 20.5. The smallest absolute Gasteiger partial charge is 0.196 e. The van der Waals surface area contributed by atoms with Crippen molar-refractivity contribution in [1.82, 2.24) is 24.6 Å². The van der Waals surface area contributed by atoms with Gasteiger partial charge in [0.25, 0.3) is 0 Å². The third-order valence-corrected chi connectivity index (χ3v) is 7.17. The Morgan fingerprint density at radius 1 is 1.10 bits per heavy atom. The standard InChI is InChI=1S/C21H26FN5S2/c1-15(2)20-23-17(13-28-20)14-29-21-25-24-19(12-26-10-4-3-5-11-26)27(21)18-8-6-16(22)7-9-18/h6-9,13,15H,3-5,10-12,14H2,1-2H3. The van der Waals surface area contributed by atoms with Crippen molar-refractivity contribution < 1.29 is 4.39 Å². The molecule has 1 aliphatic rings. The fourth-order valence-corrected chi connectivity index (χ4v) is 5.26. The maximum Gasteiger partial charge on any atom is 0.196 e. The Hall–Kier alpha value is -1.77. The molecular formula is C21H26FN5S2. The summed E-state index contributed by atoms with van der Waals surface area (Å²) in [4.78, 5) is 7.15. The monoisotopic (exact) mass is 431 g/mol. The number of hydrogen-bond donors (Lipinski definition) is 0. The highest BCUT2D eigenvalue weighted by Gasteiger charge is 2.19. The second-order valence-corrected chi connectivity index (χ2v) is 9.50. The molecule has 0 bridgehead atoms. The normalized spacial score (nSPS) is 15.3. The Morgan fingerprint density at radius 3 is 2.55 bits per heavy atom. The van der Waals surface area contributed by atoms with Crippen molar-refractivity contribution in [1.29, 1.82) is 0 Å². The van der Waals surface area contributed by atoms with Gasteiger partial charge in [0.05, 0.1) is 17.2 Å². The van der Waals surface area contributed by atoms with E-state index >= 15 is 0 Å². The number of hydrogen-bond acceptors (Lipinski definition) is 6. The lowest BCUT2D eigenvalue weighted by Gasteiger charge is -2.26. The Labute approximate surface area is 179 Å². The number of thioether (sulfide) groups is 1. The number of piperidine rings is 1.